The zero-order valence-electron chi connectivity index (χ0n) is 6.78. The van der Waals surface area contributed by atoms with Gasteiger partial charge in [0.1, 0.15) is 6.04 Å². The third-order valence-corrected chi connectivity index (χ3v) is 2.89. The first-order valence-corrected chi connectivity index (χ1v) is 4.76. The summed E-state index contributed by atoms with van der Waals surface area (Å²) in [6, 6.07) is 1.93. The highest BCUT2D eigenvalue weighted by Crippen LogP contribution is 2.33. The van der Waals surface area contributed by atoms with Gasteiger partial charge in [0.2, 0.25) is 0 Å². The Labute approximate surface area is 92.2 Å². The molecule has 14 heavy (non-hydrogen) atoms. The van der Waals surface area contributed by atoms with E-state index in [1.54, 1.807) is 0 Å². The molecule has 78 valence electrons. The fourth-order valence-electron chi connectivity index (χ4n) is 0.895. The van der Waals surface area contributed by atoms with Gasteiger partial charge in [-0.1, -0.05) is 17.7 Å². The Morgan fingerprint density at radius 3 is 2.36 bits per heavy atom. The summed E-state index contributed by atoms with van der Waals surface area (Å²) in [6.45, 7) is 0. The zero-order valence-corrected chi connectivity index (χ0v) is 9.12. The maximum absolute atomic E-state index is 12.2. The van der Waals surface area contributed by atoms with E-state index in [9.17, 15) is 13.2 Å². The molecule has 1 rings (SSSR count). The van der Waals surface area contributed by atoms with Gasteiger partial charge in [0.25, 0.3) is 0 Å². The fraction of sp³-hybridized carbons (Fsp3) is 0.250. The molecule has 1 unspecified atom stereocenters. The summed E-state index contributed by atoms with van der Waals surface area (Å²) in [6.07, 6.45) is -4.45. The third-order valence-electron chi connectivity index (χ3n) is 1.66. The van der Waals surface area contributed by atoms with Gasteiger partial charge < -0.3 is 5.73 Å². The smallest absolute Gasteiger partial charge is 0.316 e. The Bertz CT molecular complexity index is 340. The third kappa shape index (κ3) is 2.62. The lowest BCUT2D eigenvalue weighted by Gasteiger charge is -2.16. The van der Waals surface area contributed by atoms with Crippen LogP contribution in [0.2, 0.25) is 5.02 Å². The molecule has 0 aliphatic heterocycles. The highest BCUT2D eigenvalue weighted by atomic mass is 79.9. The van der Waals surface area contributed by atoms with Gasteiger partial charge in [-0.2, -0.15) is 13.2 Å². The van der Waals surface area contributed by atoms with Crippen LogP contribution in [0.5, 0.6) is 0 Å². The van der Waals surface area contributed by atoms with Crippen molar-refractivity contribution in [2.24, 2.45) is 5.73 Å². The van der Waals surface area contributed by atoms with Gasteiger partial charge in [-0.3, -0.25) is 0 Å². The van der Waals surface area contributed by atoms with Crippen LogP contribution in [0, 0.1) is 0 Å². The first-order chi connectivity index (χ1) is 6.32. The molecule has 1 aromatic carbocycles. The second kappa shape index (κ2) is 4.08. The number of rotatable bonds is 1. The van der Waals surface area contributed by atoms with Gasteiger partial charge in [-0.15, -0.1) is 0 Å². The summed E-state index contributed by atoms with van der Waals surface area (Å²) < 4.78 is 37.1. The maximum atomic E-state index is 12.2. The lowest BCUT2D eigenvalue weighted by atomic mass is 10.1. The molecule has 0 radical (unpaired) electrons. The van der Waals surface area contributed by atoms with Crippen LogP contribution in [0.3, 0.4) is 0 Å². The molecule has 0 fully saturated rings. The highest BCUT2D eigenvalue weighted by molar-refractivity contribution is 9.10. The molecule has 1 aromatic rings. The van der Waals surface area contributed by atoms with E-state index in [1.165, 1.54) is 18.2 Å². The first kappa shape index (κ1) is 11.8. The monoisotopic (exact) mass is 287 g/mol. The molecule has 6 heteroatoms. The summed E-state index contributed by atoms with van der Waals surface area (Å²) in [7, 11) is 0. The average molecular weight is 288 g/mol. The molecule has 0 heterocycles. The van der Waals surface area contributed by atoms with Crippen LogP contribution in [-0.2, 0) is 0 Å². The Morgan fingerprint density at radius 2 is 1.93 bits per heavy atom. The van der Waals surface area contributed by atoms with Crippen LogP contribution in [0.4, 0.5) is 13.2 Å². The summed E-state index contributed by atoms with van der Waals surface area (Å²) in [5.74, 6) is 0. The van der Waals surface area contributed by atoms with Crippen LogP contribution in [0.15, 0.2) is 22.7 Å². The van der Waals surface area contributed by atoms with Gasteiger partial charge in [0.15, 0.2) is 0 Å². The quantitative estimate of drug-likeness (QED) is 0.838. The first-order valence-electron chi connectivity index (χ1n) is 3.59. The Hall–Kier alpha value is -0.260. The minimum absolute atomic E-state index is 0.0503. The summed E-state index contributed by atoms with van der Waals surface area (Å²) in [4.78, 5) is 0. The van der Waals surface area contributed by atoms with Crippen LogP contribution in [-0.4, -0.2) is 6.18 Å². The van der Waals surface area contributed by atoms with E-state index in [1.807, 2.05) is 0 Å². The second-order valence-corrected chi connectivity index (χ2v) is 3.95. The molecule has 0 saturated carbocycles. The lowest BCUT2D eigenvalue weighted by Crippen LogP contribution is -2.28. The van der Waals surface area contributed by atoms with Crippen LogP contribution in [0.25, 0.3) is 0 Å². The van der Waals surface area contributed by atoms with Crippen LogP contribution < -0.4 is 5.73 Å². The van der Waals surface area contributed by atoms with Crippen molar-refractivity contribution >= 4 is 27.5 Å². The Morgan fingerprint density at radius 1 is 1.36 bits per heavy atom. The van der Waals surface area contributed by atoms with Crippen molar-refractivity contribution in [3.05, 3.63) is 33.3 Å². The van der Waals surface area contributed by atoms with Gasteiger partial charge in [-0.25, -0.2) is 0 Å². The van der Waals surface area contributed by atoms with E-state index in [4.69, 9.17) is 17.3 Å². The molecule has 0 aliphatic carbocycles. The molecule has 0 amide bonds. The predicted molar refractivity (Wildman–Crippen MR) is 52.1 cm³/mol. The number of halogens is 5. The van der Waals surface area contributed by atoms with Crippen LogP contribution in [0.1, 0.15) is 11.6 Å². The van der Waals surface area contributed by atoms with Gasteiger partial charge >= 0.3 is 6.18 Å². The normalized spacial score (nSPS) is 14.1. The maximum Gasteiger partial charge on any atom is 0.407 e. The fourth-order valence-corrected chi connectivity index (χ4v) is 1.33. The largest absolute Gasteiger partial charge is 0.407 e. The van der Waals surface area contributed by atoms with Crippen molar-refractivity contribution in [3.8, 4) is 0 Å². The number of hydrogen-bond acceptors (Lipinski definition) is 1. The summed E-state index contributed by atoms with van der Waals surface area (Å²) in [5.41, 5.74) is 4.94. The molecular formula is C8H6BrClF3N. The van der Waals surface area contributed by atoms with Gasteiger partial charge in [0, 0.05) is 4.47 Å². The van der Waals surface area contributed by atoms with Crippen molar-refractivity contribution in [1.82, 2.24) is 0 Å². The lowest BCUT2D eigenvalue weighted by molar-refractivity contribution is -0.149. The van der Waals surface area contributed by atoms with E-state index in [-0.39, 0.29) is 10.6 Å². The molecular weight excluding hydrogens is 282 g/mol. The van der Waals surface area contributed by atoms with E-state index < -0.39 is 12.2 Å². The number of hydrogen-bond donors (Lipinski definition) is 1. The molecule has 0 aromatic heterocycles. The molecule has 2 N–H and O–H groups in total. The van der Waals surface area contributed by atoms with Crippen molar-refractivity contribution in [2.75, 3.05) is 0 Å². The summed E-state index contributed by atoms with van der Waals surface area (Å²) >= 11 is 8.71. The zero-order chi connectivity index (χ0) is 10.9. The highest BCUT2D eigenvalue weighted by Gasteiger charge is 2.37. The molecule has 0 saturated heterocycles. The van der Waals surface area contributed by atoms with E-state index in [0.717, 1.165) is 0 Å². The Balaban J connectivity index is 3.03. The van der Waals surface area contributed by atoms with E-state index >= 15 is 0 Å². The van der Waals surface area contributed by atoms with Crippen LogP contribution >= 0.6 is 27.5 Å². The topological polar surface area (TPSA) is 26.0 Å². The summed E-state index contributed by atoms with van der Waals surface area (Å²) in [5, 5.41) is 0.210. The standard InChI is InChI=1S/C8H6BrClF3N/c9-5-2-1-4(3-6(5)10)7(14)8(11,12)13/h1-3,7H,14H2. The van der Waals surface area contributed by atoms with Crippen molar-refractivity contribution in [3.63, 3.8) is 0 Å². The second-order valence-electron chi connectivity index (χ2n) is 2.69. The van der Waals surface area contributed by atoms with Crippen molar-refractivity contribution < 1.29 is 13.2 Å². The molecule has 1 nitrogen and oxygen atoms in total. The van der Waals surface area contributed by atoms with Crippen molar-refractivity contribution in [2.45, 2.75) is 12.2 Å². The average Bonchev–Trinajstić information content (AvgIpc) is 2.07. The van der Waals surface area contributed by atoms with E-state index in [2.05, 4.69) is 15.9 Å². The molecule has 0 spiro atoms. The Kier molecular flexibility index (Phi) is 3.44. The molecule has 1 atom stereocenters. The molecule has 0 bridgehead atoms. The van der Waals surface area contributed by atoms with E-state index in [0.29, 0.717) is 4.47 Å². The minimum Gasteiger partial charge on any atom is -0.316 e. The number of nitrogens with two attached hydrogens (primary N) is 1. The SMILES string of the molecule is NC(c1ccc(Br)c(Cl)c1)C(F)(F)F. The number of alkyl halides is 3. The van der Waals surface area contributed by atoms with Gasteiger partial charge in [-0.05, 0) is 33.6 Å². The van der Waals surface area contributed by atoms with Gasteiger partial charge in [0.05, 0.1) is 5.02 Å². The number of benzene rings is 1. The minimum atomic E-state index is -4.45. The predicted octanol–water partition coefficient (Wildman–Crippen LogP) is 3.66. The van der Waals surface area contributed by atoms with Crippen molar-refractivity contribution in [1.29, 1.82) is 0 Å². The molecule has 0 aliphatic rings.